The van der Waals surface area contributed by atoms with Gasteiger partial charge in [0, 0.05) is 12.7 Å². The number of hydrogen-bond acceptors (Lipinski definition) is 4. The highest BCUT2D eigenvalue weighted by atomic mass is 16.5. The Labute approximate surface area is 124 Å². The molecule has 1 aromatic rings. The zero-order valence-corrected chi connectivity index (χ0v) is 12.6. The maximum absolute atomic E-state index is 12.0. The molecule has 1 aromatic carbocycles. The molecule has 0 radical (unpaired) electrons. The van der Waals surface area contributed by atoms with Gasteiger partial charge in [0.15, 0.2) is 0 Å². The maximum Gasteiger partial charge on any atom is 0.319 e. The first kappa shape index (κ1) is 15.4. The summed E-state index contributed by atoms with van der Waals surface area (Å²) in [6.07, 6.45) is 2.12. The number of ether oxygens (including phenoxy) is 3. The summed E-state index contributed by atoms with van der Waals surface area (Å²) >= 11 is 0. The third-order valence-corrected chi connectivity index (χ3v) is 3.54. The minimum Gasteiger partial charge on any atom is -0.497 e. The molecule has 1 aliphatic heterocycles. The van der Waals surface area contributed by atoms with Gasteiger partial charge < -0.3 is 24.8 Å². The second-order valence-corrected chi connectivity index (χ2v) is 5.00. The molecule has 6 heteroatoms. The van der Waals surface area contributed by atoms with Crippen molar-refractivity contribution >= 4 is 11.7 Å². The normalized spacial score (nSPS) is 18.9. The number of benzene rings is 1. The lowest BCUT2D eigenvalue weighted by Crippen LogP contribution is -2.43. The number of urea groups is 1. The number of methoxy groups -OCH3 is 2. The molecule has 0 bridgehead atoms. The highest BCUT2D eigenvalue weighted by Crippen LogP contribution is 2.29. The maximum atomic E-state index is 12.0. The predicted molar refractivity (Wildman–Crippen MR) is 80.1 cm³/mol. The van der Waals surface area contributed by atoms with E-state index in [1.807, 2.05) is 6.92 Å². The lowest BCUT2D eigenvalue weighted by atomic mass is 10.1. The molecule has 0 aromatic heterocycles. The fourth-order valence-electron chi connectivity index (χ4n) is 2.36. The average Bonchev–Trinajstić information content (AvgIpc) is 3.01. The number of rotatable bonds is 5. The Balaban J connectivity index is 1.95. The summed E-state index contributed by atoms with van der Waals surface area (Å²) in [6.45, 7) is 2.71. The first-order valence-corrected chi connectivity index (χ1v) is 7.05. The number of nitrogens with one attached hydrogen (secondary N) is 2. The summed E-state index contributed by atoms with van der Waals surface area (Å²) in [4.78, 5) is 12.0. The summed E-state index contributed by atoms with van der Waals surface area (Å²) in [5.74, 6) is 1.22. The van der Waals surface area contributed by atoms with Crippen molar-refractivity contribution in [1.29, 1.82) is 0 Å². The van der Waals surface area contributed by atoms with E-state index in [0.29, 0.717) is 17.2 Å². The molecule has 2 amide bonds. The quantitative estimate of drug-likeness (QED) is 0.875. The molecule has 1 saturated heterocycles. The van der Waals surface area contributed by atoms with Crippen molar-refractivity contribution in [2.24, 2.45) is 0 Å². The number of amides is 2. The fraction of sp³-hybridized carbons (Fsp3) is 0.533. The molecule has 0 unspecified atom stereocenters. The number of carbonyl (C=O) groups is 1. The van der Waals surface area contributed by atoms with Crippen LogP contribution in [0.15, 0.2) is 18.2 Å². The van der Waals surface area contributed by atoms with Gasteiger partial charge in [-0.2, -0.15) is 0 Å². The van der Waals surface area contributed by atoms with Crippen LogP contribution in [0.2, 0.25) is 0 Å². The molecule has 0 spiro atoms. The second-order valence-electron chi connectivity index (χ2n) is 5.00. The van der Waals surface area contributed by atoms with Crippen molar-refractivity contribution < 1.29 is 19.0 Å². The van der Waals surface area contributed by atoms with Crippen molar-refractivity contribution in [3.63, 3.8) is 0 Å². The minimum atomic E-state index is -0.276. The van der Waals surface area contributed by atoms with Gasteiger partial charge in [-0.05, 0) is 31.9 Å². The predicted octanol–water partition coefficient (Wildman–Crippen LogP) is 2.39. The van der Waals surface area contributed by atoms with Gasteiger partial charge in [-0.3, -0.25) is 0 Å². The summed E-state index contributed by atoms with van der Waals surface area (Å²) in [7, 11) is 3.13. The van der Waals surface area contributed by atoms with Crippen molar-refractivity contribution in [1.82, 2.24) is 5.32 Å². The van der Waals surface area contributed by atoms with Gasteiger partial charge in [0.1, 0.15) is 11.5 Å². The van der Waals surface area contributed by atoms with Crippen molar-refractivity contribution in [2.75, 3.05) is 26.1 Å². The molecule has 6 nitrogen and oxygen atoms in total. The van der Waals surface area contributed by atoms with Gasteiger partial charge in [0.2, 0.25) is 0 Å². The molecule has 2 N–H and O–H groups in total. The topological polar surface area (TPSA) is 68.8 Å². The van der Waals surface area contributed by atoms with Crippen molar-refractivity contribution in [3.8, 4) is 11.5 Å². The smallest absolute Gasteiger partial charge is 0.319 e. The fourth-order valence-corrected chi connectivity index (χ4v) is 2.36. The molecule has 1 heterocycles. The van der Waals surface area contributed by atoms with E-state index >= 15 is 0 Å². The van der Waals surface area contributed by atoms with E-state index in [2.05, 4.69) is 10.6 Å². The van der Waals surface area contributed by atoms with Gasteiger partial charge in [-0.25, -0.2) is 4.79 Å². The van der Waals surface area contributed by atoms with Gasteiger partial charge >= 0.3 is 6.03 Å². The number of anilines is 1. The lowest BCUT2D eigenvalue weighted by molar-refractivity contribution is 0.0868. The molecule has 2 rings (SSSR count). The van der Waals surface area contributed by atoms with Crippen LogP contribution in [0.25, 0.3) is 0 Å². The Kier molecular flexibility index (Phi) is 5.27. The summed E-state index contributed by atoms with van der Waals surface area (Å²) in [5.41, 5.74) is 0.593. The molecule has 21 heavy (non-hydrogen) atoms. The molecular formula is C15H22N2O4. The Bertz CT molecular complexity index is 487. The van der Waals surface area contributed by atoms with Crippen LogP contribution in [0, 0.1) is 0 Å². The van der Waals surface area contributed by atoms with Gasteiger partial charge in [0.05, 0.1) is 32.1 Å². The van der Waals surface area contributed by atoms with E-state index in [4.69, 9.17) is 14.2 Å². The van der Waals surface area contributed by atoms with E-state index in [1.165, 1.54) is 0 Å². The molecular weight excluding hydrogens is 272 g/mol. The molecule has 0 aliphatic carbocycles. The van der Waals surface area contributed by atoms with Gasteiger partial charge in [-0.1, -0.05) is 0 Å². The van der Waals surface area contributed by atoms with Crippen LogP contribution in [0.3, 0.4) is 0 Å². The first-order valence-electron chi connectivity index (χ1n) is 7.05. The van der Waals surface area contributed by atoms with Crippen LogP contribution >= 0.6 is 0 Å². The van der Waals surface area contributed by atoms with E-state index in [9.17, 15) is 4.79 Å². The van der Waals surface area contributed by atoms with Crippen LogP contribution in [-0.4, -0.2) is 39.0 Å². The van der Waals surface area contributed by atoms with Crippen LogP contribution in [0.5, 0.6) is 11.5 Å². The second kappa shape index (κ2) is 7.17. The standard InChI is InChI=1S/C15H22N2O4/c1-10(13-5-4-8-21-13)16-15(18)17-12-7-6-11(19-2)9-14(12)20-3/h6-7,9-10,13H,4-5,8H2,1-3H3,(H2,16,17,18)/t10-,13+/m0/s1. The van der Waals surface area contributed by atoms with Crippen LogP contribution in [-0.2, 0) is 4.74 Å². The van der Waals surface area contributed by atoms with E-state index in [-0.39, 0.29) is 18.2 Å². The Morgan fingerprint density at radius 3 is 2.81 bits per heavy atom. The monoisotopic (exact) mass is 294 g/mol. The highest BCUT2D eigenvalue weighted by molar-refractivity contribution is 5.91. The van der Waals surface area contributed by atoms with Crippen LogP contribution < -0.4 is 20.1 Å². The first-order chi connectivity index (χ1) is 10.1. The van der Waals surface area contributed by atoms with Gasteiger partial charge in [-0.15, -0.1) is 0 Å². The number of hydrogen-bond donors (Lipinski definition) is 2. The lowest BCUT2D eigenvalue weighted by Gasteiger charge is -2.20. The highest BCUT2D eigenvalue weighted by Gasteiger charge is 2.23. The zero-order chi connectivity index (χ0) is 15.2. The zero-order valence-electron chi connectivity index (χ0n) is 12.6. The largest absolute Gasteiger partial charge is 0.497 e. The third-order valence-electron chi connectivity index (χ3n) is 3.54. The Morgan fingerprint density at radius 2 is 2.19 bits per heavy atom. The summed E-state index contributed by atoms with van der Waals surface area (Å²) in [5, 5.41) is 5.67. The molecule has 116 valence electrons. The Morgan fingerprint density at radius 1 is 1.38 bits per heavy atom. The summed E-state index contributed by atoms with van der Waals surface area (Å²) < 4.78 is 15.9. The third kappa shape index (κ3) is 4.01. The molecule has 0 saturated carbocycles. The van der Waals surface area contributed by atoms with E-state index in [1.54, 1.807) is 32.4 Å². The van der Waals surface area contributed by atoms with E-state index < -0.39 is 0 Å². The molecule has 2 atom stereocenters. The summed E-state index contributed by atoms with van der Waals surface area (Å²) in [6, 6.07) is 4.92. The SMILES string of the molecule is COc1ccc(NC(=O)N[C@@H](C)[C@H]2CCCO2)c(OC)c1. The molecule has 1 fully saturated rings. The number of carbonyl (C=O) groups excluding carboxylic acids is 1. The van der Waals surface area contributed by atoms with Crippen molar-refractivity contribution in [3.05, 3.63) is 18.2 Å². The Hall–Kier alpha value is -1.95. The van der Waals surface area contributed by atoms with Crippen LogP contribution in [0.4, 0.5) is 10.5 Å². The van der Waals surface area contributed by atoms with Crippen molar-refractivity contribution in [2.45, 2.75) is 31.9 Å². The average molecular weight is 294 g/mol. The van der Waals surface area contributed by atoms with Crippen LogP contribution in [0.1, 0.15) is 19.8 Å². The van der Waals surface area contributed by atoms with E-state index in [0.717, 1.165) is 19.4 Å². The molecule has 1 aliphatic rings. The van der Waals surface area contributed by atoms with Gasteiger partial charge in [0.25, 0.3) is 0 Å². The minimum absolute atomic E-state index is 0.0308.